The highest BCUT2D eigenvalue weighted by Gasteiger charge is 2.60. The first kappa shape index (κ1) is 13.1. The molecule has 1 saturated carbocycles. The van der Waals surface area contributed by atoms with Crippen molar-refractivity contribution in [2.45, 2.75) is 57.8 Å². The van der Waals surface area contributed by atoms with E-state index in [1.165, 1.54) is 5.56 Å². The van der Waals surface area contributed by atoms with Gasteiger partial charge in [0.25, 0.3) is 0 Å². The van der Waals surface area contributed by atoms with Crippen molar-refractivity contribution in [3.8, 4) is 0 Å². The van der Waals surface area contributed by atoms with Gasteiger partial charge in [-0.15, -0.1) is 0 Å². The molecule has 0 aromatic carbocycles. The van der Waals surface area contributed by atoms with Gasteiger partial charge in [0.05, 0.1) is 0 Å². The van der Waals surface area contributed by atoms with Gasteiger partial charge in [0.15, 0.2) is 0 Å². The molecule has 3 atom stereocenters. The maximum Gasteiger partial charge on any atom is 0.244 e. The first-order valence-electron chi connectivity index (χ1n) is 7.21. The highest BCUT2D eigenvalue weighted by molar-refractivity contribution is 7.07. The first-order chi connectivity index (χ1) is 9.09. The smallest absolute Gasteiger partial charge is 0.244 e. The second-order valence-electron chi connectivity index (χ2n) is 6.02. The third kappa shape index (κ3) is 2.01. The number of nitrogens with zero attached hydrogens (tertiary/aromatic N) is 1. The normalized spacial score (nSPS) is 27.8. The SMILES string of the molecule is CCC(C)C(C)N1C(=O)C2(CC2)NC1c1ccsc1. The first-order valence-corrected chi connectivity index (χ1v) is 8.16. The van der Waals surface area contributed by atoms with Crippen molar-refractivity contribution < 1.29 is 4.79 Å². The van der Waals surface area contributed by atoms with Crippen molar-refractivity contribution in [1.29, 1.82) is 0 Å². The maximum absolute atomic E-state index is 12.7. The predicted molar refractivity (Wildman–Crippen MR) is 77.9 cm³/mol. The lowest BCUT2D eigenvalue weighted by Crippen LogP contribution is -2.42. The van der Waals surface area contributed by atoms with E-state index in [2.05, 4.69) is 47.8 Å². The van der Waals surface area contributed by atoms with Crippen LogP contribution in [0.1, 0.15) is 51.8 Å². The lowest BCUT2D eigenvalue weighted by Gasteiger charge is -2.33. The van der Waals surface area contributed by atoms with Crippen molar-refractivity contribution in [2.75, 3.05) is 0 Å². The summed E-state index contributed by atoms with van der Waals surface area (Å²) in [6.45, 7) is 6.62. The van der Waals surface area contributed by atoms with Gasteiger partial charge in [0.1, 0.15) is 11.7 Å². The fourth-order valence-corrected chi connectivity index (χ4v) is 3.63. The highest BCUT2D eigenvalue weighted by atomic mass is 32.1. The molecular weight excluding hydrogens is 256 g/mol. The van der Waals surface area contributed by atoms with Crippen LogP contribution >= 0.6 is 11.3 Å². The molecule has 19 heavy (non-hydrogen) atoms. The van der Waals surface area contributed by atoms with Gasteiger partial charge in [-0.3, -0.25) is 10.1 Å². The van der Waals surface area contributed by atoms with Gasteiger partial charge in [-0.1, -0.05) is 20.3 Å². The van der Waals surface area contributed by atoms with Crippen LogP contribution in [0.25, 0.3) is 0 Å². The molecule has 1 aromatic heterocycles. The Hall–Kier alpha value is -0.870. The molecule has 1 aliphatic carbocycles. The average molecular weight is 278 g/mol. The third-order valence-electron chi connectivity index (χ3n) is 4.85. The van der Waals surface area contributed by atoms with Crippen LogP contribution in [0, 0.1) is 5.92 Å². The average Bonchev–Trinajstić information content (AvgIpc) is 2.88. The molecule has 3 unspecified atom stereocenters. The summed E-state index contributed by atoms with van der Waals surface area (Å²) in [4.78, 5) is 14.8. The maximum atomic E-state index is 12.7. The molecule has 4 heteroatoms. The van der Waals surface area contributed by atoms with Gasteiger partial charge >= 0.3 is 0 Å². The number of amides is 1. The summed E-state index contributed by atoms with van der Waals surface area (Å²) >= 11 is 1.70. The Kier molecular flexibility index (Phi) is 3.18. The van der Waals surface area contributed by atoms with E-state index in [0.29, 0.717) is 11.8 Å². The molecule has 1 aliphatic heterocycles. The Morgan fingerprint density at radius 3 is 2.79 bits per heavy atom. The Morgan fingerprint density at radius 2 is 2.26 bits per heavy atom. The van der Waals surface area contributed by atoms with Crippen LogP contribution in [0.5, 0.6) is 0 Å². The number of carbonyl (C=O) groups excluding carboxylic acids is 1. The van der Waals surface area contributed by atoms with Gasteiger partial charge in [0.2, 0.25) is 5.91 Å². The summed E-state index contributed by atoms with van der Waals surface area (Å²) < 4.78 is 0. The van der Waals surface area contributed by atoms with Crippen LogP contribution in [0.15, 0.2) is 16.8 Å². The number of nitrogens with one attached hydrogen (secondary N) is 1. The summed E-state index contributed by atoms with van der Waals surface area (Å²) in [5.41, 5.74) is 1.01. The third-order valence-corrected chi connectivity index (χ3v) is 5.55. The molecule has 1 saturated heterocycles. The number of rotatable bonds is 4. The summed E-state index contributed by atoms with van der Waals surface area (Å²) in [7, 11) is 0. The summed E-state index contributed by atoms with van der Waals surface area (Å²) in [5, 5.41) is 7.83. The minimum atomic E-state index is -0.228. The molecule has 2 aliphatic rings. The van der Waals surface area contributed by atoms with Crippen molar-refractivity contribution in [2.24, 2.45) is 5.92 Å². The Balaban J connectivity index is 1.91. The zero-order valence-corrected chi connectivity index (χ0v) is 12.7. The molecular formula is C15H22N2OS. The summed E-state index contributed by atoms with van der Waals surface area (Å²) in [6, 6.07) is 2.42. The monoisotopic (exact) mass is 278 g/mol. The number of hydrogen-bond donors (Lipinski definition) is 1. The van der Waals surface area contributed by atoms with E-state index in [9.17, 15) is 4.79 Å². The predicted octanol–water partition coefficient (Wildman–Crippen LogP) is 3.15. The van der Waals surface area contributed by atoms with E-state index >= 15 is 0 Å². The molecule has 0 radical (unpaired) electrons. The quantitative estimate of drug-likeness (QED) is 0.917. The van der Waals surface area contributed by atoms with Crippen molar-refractivity contribution in [3.63, 3.8) is 0 Å². The van der Waals surface area contributed by atoms with Gasteiger partial charge in [-0.05, 0) is 48.1 Å². The topological polar surface area (TPSA) is 32.3 Å². The van der Waals surface area contributed by atoms with E-state index in [1.54, 1.807) is 11.3 Å². The molecule has 1 spiro atoms. The molecule has 1 N–H and O–H groups in total. The zero-order valence-electron chi connectivity index (χ0n) is 11.8. The van der Waals surface area contributed by atoms with Crippen molar-refractivity contribution >= 4 is 17.2 Å². The molecule has 3 rings (SSSR count). The Morgan fingerprint density at radius 1 is 1.53 bits per heavy atom. The molecule has 1 amide bonds. The van der Waals surface area contributed by atoms with Gasteiger partial charge in [0, 0.05) is 6.04 Å². The molecule has 1 aromatic rings. The molecule has 0 bridgehead atoms. The Bertz CT molecular complexity index is 466. The summed E-state index contributed by atoms with van der Waals surface area (Å²) in [5.74, 6) is 0.845. The second-order valence-corrected chi connectivity index (χ2v) is 6.80. The van der Waals surface area contributed by atoms with Crippen LogP contribution in [-0.2, 0) is 4.79 Å². The molecule has 2 fully saturated rings. The fourth-order valence-electron chi connectivity index (χ4n) is 2.95. The Labute approximate surface area is 119 Å². The zero-order chi connectivity index (χ0) is 13.6. The fraction of sp³-hybridized carbons (Fsp3) is 0.667. The largest absolute Gasteiger partial charge is 0.318 e. The molecule has 104 valence electrons. The van der Waals surface area contributed by atoms with Gasteiger partial charge in [-0.2, -0.15) is 11.3 Å². The van der Waals surface area contributed by atoms with Crippen molar-refractivity contribution in [3.05, 3.63) is 22.4 Å². The van der Waals surface area contributed by atoms with E-state index in [4.69, 9.17) is 0 Å². The van der Waals surface area contributed by atoms with E-state index < -0.39 is 0 Å². The molecule has 2 heterocycles. The van der Waals surface area contributed by atoms with Crippen LogP contribution in [0.4, 0.5) is 0 Å². The van der Waals surface area contributed by atoms with Crippen LogP contribution < -0.4 is 5.32 Å². The van der Waals surface area contributed by atoms with Crippen LogP contribution in [0.2, 0.25) is 0 Å². The van der Waals surface area contributed by atoms with E-state index in [-0.39, 0.29) is 17.7 Å². The lowest BCUT2D eigenvalue weighted by molar-refractivity contribution is -0.133. The van der Waals surface area contributed by atoms with Gasteiger partial charge in [-0.25, -0.2) is 0 Å². The number of thiophene rings is 1. The molecule has 3 nitrogen and oxygen atoms in total. The van der Waals surface area contributed by atoms with Crippen LogP contribution in [0.3, 0.4) is 0 Å². The van der Waals surface area contributed by atoms with Crippen molar-refractivity contribution in [1.82, 2.24) is 10.2 Å². The number of hydrogen-bond acceptors (Lipinski definition) is 3. The standard InChI is InChI=1S/C15H22N2OS/c1-4-10(2)11(3)17-13(12-5-8-19-9-12)16-15(6-7-15)14(17)18/h5,8-11,13,16H,4,6-7H2,1-3H3. The summed E-state index contributed by atoms with van der Waals surface area (Å²) in [6.07, 6.45) is 3.17. The van der Waals surface area contributed by atoms with Gasteiger partial charge < -0.3 is 4.90 Å². The van der Waals surface area contributed by atoms with E-state index in [0.717, 1.165) is 19.3 Å². The minimum absolute atomic E-state index is 0.0743. The second kappa shape index (κ2) is 4.60. The van der Waals surface area contributed by atoms with Crippen LogP contribution in [-0.4, -0.2) is 22.4 Å². The lowest BCUT2D eigenvalue weighted by atomic mass is 9.98. The van der Waals surface area contributed by atoms with E-state index in [1.807, 2.05) is 0 Å². The minimum Gasteiger partial charge on any atom is -0.318 e. The number of carbonyl (C=O) groups is 1. The highest BCUT2D eigenvalue weighted by Crippen LogP contribution is 2.47.